The van der Waals surface area contributed by atoms with Crippen LogP contribution in [0.1, 0.15) is 30.4 Å². The Labute approximate surface area is 188 Å². The number of nitrogens with one attached hydrogen (secondary N) is 2. The van der Waals surface area contributed by atoms with Gasteiger partial charge < -0.3 is 10.1 Å². The number of methoxy groups -OCH3 is 1. The molecule has 0 spiro atoms. The predicted molar refractivity (Wildman–Crippen MR) is 124 cm³/mol. The van der Waals surface area contributed by atoms with E-state index in [4.69, 9.17) is 4.74 Å². The molecule has 0 aliphatic heterocycles. The largest absolute Gasteiger partial charge is 0.497 e. The maximum atomic E-state index is 13.0. The zero-order valence-corrected chi connectivity index (χ0v) is 18.7. The smallest absolute Gasteiger partial charge is 0.262 e. The Morgan fingerprint density at radius 2 is 1.69 bits per heavy atom. The van der Waals surface area contributed by atoms with E-state index in [-0.39, 0.29) is 10.8 Å². The van der Waals surface area contributed by atoms with Gasteiger partial charge in [-0.25, -0.2) is 8.42 Å². The minimum absolute atomic E-state index is 0.0114. The van der Waals surface area contributed by atoms with Crippen LogP contribution in [0.5, 0.6) is 5.75 Å². The van der Waals surface area contributed by atoms with E-state index in [9.17, 15) is 13.2 Å². The van der Waals surface area contributed by atoms with Crippen molar-refractivity contribution < 1.29 is 17.9 Å². The standard InChI is InChI=1S/C25H26N2O4S/c1-31-22-9-5-10-23(17-22)32(29,30)27-21-13-11-20(12-14-21)25(15-6-16-25)24(28)26-18-19-7-3-2-4-8-19/h2-5,7-14,17,27H,6,15-16,18H2,1H3,(H,26,28). The average molecular weight is 451 g/mol. The lowest BCUT2D eigenvalue weighted by molar-refractivity contribution is -0.130. The molecular formula is C25H26N2O4S. The van der Waals surface area contributed by atoms with E-state index in [1.54, 1.807) is 24.3 Å². The SMILES string of the molecule is COc1cccc(S(=O)(=O)Nc2ccc(C3(C(=O)NCc4ccccc4)CCC3)cc2)c1. The lowest BCUT2D eigenvalue weighted by Gasteiger charge is -2.40. The van der Waals surface area contributed by atoms with Crippen molar-refractivity contribution in [1.82, 2.24) is 5.32 Å². The van der Waals surface area contributed by atoms with Crippen LogP contribution in [-0.4, -0.2) is 21.4 Å². The number of anilines is 1. The molecule has 4 rings (SSSR count). The fourth-order valence-corrected chi connectivity index (χ4v) is 5.06. The van der Waals surface area contributed by atoms with Crippen LogP contribution in [0.2, 0.25) is 0 Å². The van der Waals surface area contributed by atoms with Crippen LogP contribution in [0.3, 0.4) is 0 Å². The zero-order chi connectivity index (χ0) is 22.6. The summed E-state index contributed by atoms with van der Waals surface area (Å²) >= 11 is 0. The second-order valence-electron chi connectivity index (χ2n) is 7.97. The number of benzene rings is 3. The summed E-state index contributed by atoms with van der Waals surface area (Å²) in [7, 11) is -2.26. The number of ether oxygens (including phenoxy) is 1. The predicted octanol–water partition coefficient (Wildman–Crippen LogP) is 4.23. The van der Waals surface area contributed by atoms with Gasteiger partial charge in [-0.05, 0) is 48.2 Å². The summed E-state index contributed by atoms with van der Waals surface area (Å²) in [5, 5.41) is 3.06. The molecular weight excluding hydrogens is 424 g/mol. The molecule has 0 unspecified atom stereocenters. The lowest BCUT2D eigenvalue weighted by atomic mass is 9.63. The molecule has 0 atom stereocenters. The van der Waals surface area contributed by atoms with Gasteiger partial charge in [-0.15, -0.1) is 0 Å². The highest BCUT2D eigenvalue weighted by atomic mass is 32.2. The van der Waals surface area contributed by atoms with Gasteiger partial charge in [0.25, 0.3) is 10.0 Å². The lowest BCUT2D eigenvalue weighted by Crippen LogP contribution is -2.48. The fraction of sp³-hybridized carbons (Fsp3) is 0.240. The summed E-state index contributed by atoms with van der Waals surface area (Å²) in [6.45, 7) is 0.486. The monoisotopic (exact) mass is 450 g/mol. The Hall–Kier alpha value is -3.32. The van der Waals surface area contributed by atoms with Gasteiger partial charge in [-0.3, -0.25) is 9.52 Å². The van der Waals surface area contributed by atoms with Gasteiger partial charge in [0.2, 0.25) is 5.91 Å². The van der Waals surface area contributed by atoms with Gasteiger partial charge in [0, 0.05) is 18.3 Å². The van der Waals surface area contributed by atoms with Gasteiger partial charge in [-0.2, -0.15) is 0 Å². The van der Waals surface area contributed by atoms with Gasteiger partial charge >= 0.3 is 0 Å². The van der Waals surface area contributed by atoms with Gasteiger partial charge in [0.15, 0.2) is 0 Å². The third kappa shape index (κ3) is 4.48. The normalized spacial score (nSPS) is 14.8. The van der Waals surface area contributed by atoms with Crippen LogP contribution in [-0.2, 0) is 26.8 Å². The molecule has 1 saturated carbocycles. The Kier molecular flexibility index (Phi) is 6.19. The Balaban J connectivity index is 1.47. The number of rotatable bonds is 8. The maximum absolute atomic E-state index is 13.0. The van der Waals surface area contributed by atoms with E-state index < -0.39 is 15.4 Å². The Bertz CT molecular complexity index is 1190. The highest BCUT2D eigenvalue weighted by molar-refractivity contribution is 7.92. The molecule has 1 aliphatic rings. The topological polar surface area (TPSA) is 84.5 Å². The summed E-state index contributed by atoms with van der Waals surface area (Å²) in [5.74, 6) is 0.481. The third-order valence-electron chi connectivity index (χ3n) is 5.98. The van der Waals surface area contributed by atoms with E-state index in [1.807, 2.05) is 42.5 Å². The zero-order valence-electron chi connectivity index (χ0n) is 17.9. The third-order valence-corrected chi connectivity index (χ3v) is 7.36. The molecule has 1 amide bonds. The molecule has 1 aliphatic carbocycles. The molecule has 32 heavy (non-hydrogen) atoms. The summed E-state index contributed by atoms with van der Waals surface area (Å²) in [4.78, 5) is 13.2. The molecule has 0 radical (unpaired) electrons. The number of carbonyl (C=O) groups is 1. The highest BCUT2D eigenvalue weighted by Crippen LogP contribution is 2.44. The number of hydrogen-bond acceptors (Lipinski definition) is 4. The first-order valence-electron chi connectivity index (χ1n) is 10.5. The molecule has 6 nitrogen and oxygen atoms in total. The molecule has 3 aromatic rings. The molecule has 0 heterocycles. The molecule has 3 aromatic carbocycles. The van der Waals surface area contributed by atoms with E-state index in [0.29, 0.717) is 18.0 Å². The van der Waals surface area contributed by atoms with E-state index in [1.165, 1.54) is 19.2 Å². The summed E-state index contributed by atoms with van der Waals surface area (Å²) < 4.78 is 33.1. The number of hydrogen-bond donors (Lipinski definition) is 2. The van der Waals surface area contributed by atoms with Crippen LogP contribution < -0.4 is 14.8 Å². The van der Waals surface area contributed by atoms with Crippen molar-refractivity contribution in [2.75, 3.05) is 11.8 Å². The first-order valence-corrected chi connectivity index (χ1v) is 12.0. The van der Waals surface area contributed by atoms with E-state index in [2.05, 4.69) is 10.0 Å². The van der Waals surface area contributed by atoms with Crippen molar-refractivity contribution >= 4 is 21.6 Å². The second kappa shape index (κ2) is 9.04. The van der Waals surface area contributed by atoms with Gasteiger partial charge in [0.05, 0.1) is 17.4 Å². The van der Waals surface area contributed by atoms with Crippen molar-refractivity contribution in [3.05, 3.63) is 90.0 Å². The maximum Gasteiger partial charge on any atom is 0.262 e. The highest BCUT2D eigenvalue weighted by Gasteiger charge is 2.45. The van der Waals surface area contributed by atoms with Crippen LogP contribution in [0.4, 0.5) is 5.69 Å². The summed E-state index contributed by atoms with van der Waals surface area (Å²) in [6, 6.07) is 23.2. The number of carbonyl (C=O) groups excluding carboxylic acids is 1. The molecule has 0 saturated heterocycles. The summed E-state index contributed by atoms with van der Waals surface area (Å²) in [5.41, 5.74) is 1.84. The average Bonchev–Trinajstić information content (AvgIpc) is 2.78. The molecule has 0 bridgehead atoms. The quantitative estimate of drug-likeness (QED) is 0.538. The molecule has 0 aromatic heterocycles. The van der Waals surface area contributed by atoms with E-state index in [0.717, 1.165) is 30.4 Å². The molecule has 2 N–H and O–H groups in total. The Morgan fingerprint density at radius 1 is 0.969 bits per heavy atom. The Morgan fingerprint density at radius 3 is 2.31 bits per heavy atom. The van der Waals surface area contributed by atoms with Crippen molar-refractivity contribution in [2.24, 2.45) is 0 Å². The first-order chi connectivity index (χ1) is 15.4. The van der Waals surface area contributed by atoms with Crippen LogP contribution >= 0.6 is 0 Å². The minimum Gasteiger partial charge on any atom is -0.497 e. The van der Waals surface area contributed by atoms with Crippen molar-refractivity contribution in [2.45, 2.75) is 36.1 Å². The molecule has 1 fully saturated rings. The molecule has 166 valence electrons. The summed E-state index contributed by atoms with van der Waals surface area (Å²) in [6.07, 6.45) is 2.55. The van der Waals surface area contributed by atoms with Gasteiger partial charge in [0.1, 0.15) is 5.75 Å². The minimum atomic E-state index is -3.75. The van der Waals surface area contributed by atoms with Crippen LogP contribution in [0, 0.1) is 0 Å². The number of amides is 1. The van der Waals surface area contributed by atoms with Crippen molar-refractivity contribution in [1.29, 1.82) is 0 Å². The number of sulfonamides is 1. The van der Waals surface area contributed by atoms with Crippen LogP contribution in [0.25, 0.3) is 0 Å². The molecule has 7 heteroatoms. The second-order valence-corrected chi connectivity index (χ2v) is 9.65. The van der Waals surface area contributed by atoms with Crippen molar-refractivity contribution in [3.63, 3.8) is 0 Å². The first kappa shape index (κ1) is 21.9. The van der Waals surface area contributed by atoms with Crippen molar-refractivity contribution in [3.8, 4) is 5.75 Å². The van der Waals surface area contributed by atoms with Crippen LogP contribution in [0.15, 0.2) is 83.8 Å². The van der Waals surface area contributed by atoms with Gasteiger partial charge in [-0.1, -0.05) is 55.0 Å². The fourth-order valence-electron chi connectivity index (χ4n) is 3.96. The van der Waals surface area contributed by atoms with E-state index >= 15 is 0 Å².